The third-order valence-corrected chi connectivity index (χ3v) is 6.09. The number of nitrogens with zero attached hydrogens (tertiary/aromatic N) is 3. The average molecular weight is 440 g/mol. The number of piperazine rings is 1. The molecule has 0 saturated carbocycles. The van der Waals surface area contributed by atoms with Crippen molar-refractivity contribution in [3.05, 3.63) is 53.8 Å². The van der Waals surface area contributed by atoms with E-state index < -0.39 is 0 Å². The summed E-state index contributed by atoms with van der Waals surface area (Å²) in [5.41, 5.74) is 1.79. The van der Waals surface area contributed by atoms with Crippen molar-refractivity contribution in [2.24, 2.45) is 0 Å². The normalized spacial score (nSPS) is 20.7. The number of anilines is 1. The summed E-state index contributed by atoms with van der Waals surface area (Å²) >= 11 is 0. The lowest BCUT2D eigenvalue weighted by Gasteiger charge is -2.35. The standard InChI is InChI=1S/C23H25FN4O4/c24-17-2-4-19(5-3-17)28-14-18(12-22(28)29)25-23(30)27-9-7-26(8-10-27)13-16-1-6-20-21(11-16)32-15-31-20/h1-6,11,18H,7-10,12-15H2,(H,25,30)/t18-/m1/s1. The Kier molecular flexibility index (Phi) is 5.57. The van der Waals surface area contributed by atoms with E-state index in [1.807, 2.05) is 18.2 Å². The largest absolute Gasteiger partial charge is 0.454 e. The predicted octanol–water partition coefficient (Wildman–Crippen LogP) is 2.19. The van der Waals surface area contributed by atoms with Crippen LogP contribution in [-0.4, -0.2) is 67.3 Å². The van der Waals surface area contributed by atoms with Gasteiger partial charge < -0.3 is 24.6 Å². The minimum Gasteiger partial charge on any atom is -0.454 e. The van der Waals surface area contributed by atoms with Crippen LogP contribution in [0.2, 0.25) is 0 Å². The van der Waals surface area contributed by atoms with Gasteiger partial charge in [0.15, 0.2) is 11.5 Å². The van der Waals surface area contributed by atoms with E-state index >= 15 is 0 Å². The Balaban J connectivity index is 1.10. The molecule has 0 bridgehead atoms. The van der Waals surface area contributed by atoms with E-state index in [1.165, 1.54) is 12.1 Å². The van der Waals surface area contributed by atoms with Gasteiger partial charge in [-0.25, -0.2) is 9.18 Å². The molecule has 2 aromatic carbocycles. The molecule has 3 aliphatic rings. The molecule has 0 unspecified atom stereocenters. The topological polar surface area (TPSA) is 74.4 Å². The van der Waals surface area contributed by atoms with Crippen LogP contribution in [0.3, 0.4) is 0 Å². The number of nitrogens with one attached hydrogen (secondary N) is 1. The van der Waals surface area contributed by atoms with Crippen LogP contribution in [0.25, 0.3) is 0 Å². The fourth-order valence-corrected chi connectivity index (χ4v) is 4.35. The zero-order valence-corrected chi connectivity index (χ0v) is 17.6. The molecule has 2 fully saturated rings. The van der Waals surface area contributed by atoms with Gasteiger partial charge in [0.2, 0.25) is 12.7 Å². The van der Waals surface area contributed by atoms with Crippen LogP contribution in [0.15, 0.2) is 42.5 Å². The number of amides is 3. The summed E-state index contributed by atoms with van der Waals surface area (Å²) < 4.78 is 23.9. The molecule has 3 aliphatic heterocycles. The van der Waals surface area contributed by atoms with E-state index in [0.29, 0.717) is 25.3 Å². The summed E-state index contributed by atoms with van der Waals surface area (Å²) in [6.07, 6.45) is 0.243. The quantitative estimate of drug-likeness (QED) is 0.789. The molecular weight excluding hydrogens is 415 g/mol. The van der Waals surface area contributed by atoms with E-state index in [4.69, 9.17) is 9.47 Å². The average Bonchev–Trinajstić information content (AvgIpc) is 3.40. The van der Waals surface area contributed by atoms with Crippen LogP contribution in [-0.2, 0) is 11.3 Å². The minimum absolute atomic E-state index is 0.0737. The maximum Gasteiger partial charge on any atom is 0.317 e. The second kappa shape index (κ2) is 8.66. The zero-order chi connectivity index (χ0) is 22.1. The van der Waals surface area contributed by atoms with Crippen molar-refractivity contribution in [3.63, 3.8) is 0 Å². The highest BCUT2D eigenvalue weighted by Gasteiger charge is 2.33. The molecule has 0 aliphatic carbocycles. The highest BCUT2D eigenvalue weighted by atomic mass is 19.1. The molecule has 0 aromatic heterocycles. The van der Waals surface area contributed by atoms with Crippen molar-refractivity contribution in [1.82, 2.24) is 15.1 Å². The zero-order valence-electron chi connectivity index (χ0n) is 17.6. The van der Waals surface area contributed by atoms with Gasteiger partial charge in [0.05, 0.1) is 6.04 Å². The summed E-state index contributed by atoms with van der Waals surface area (Å²) in [7, 11) is 0. The maximum absolute atomic E-state index is 13.1. The van der Waals surface area contributed by atoms with Gasteiger partial charge in [0.1, 0.15) is 5.82 Å². The van der Waals surface area contributed by atoms with Crippen molar-refractivity contribution in [1.29, 1.82) is 0 Å². The van der Waals surface area contributed by atoms with E-state index in [-0.39, 0.29) is 37.0 Å². The summed E-state index contributed by atoms with van der Waals surface area (Å²) in [5.74, 6) is 1.14. The Morgan fingerprint density at radius 1 is 1.03 bits per heavy atom. The third kappa shape index (κ3) is 4.34. The molecule has 1 N–H and O–H groups in total. The number of urea groups is 1. The molecule has 8 nitrogen and oxygen atoms in total. The summed E-state index contributed by atoms with van der Waals surface area (Å²) in [5, 5.41) is 2.98. The van der Waals surface area contributed by atoms with Crippen LogP contribution in [0, 0.1) is 5.82 Å². The van der Waals surface area contributed by atoms with Gasteiger partial charge in [0, 0.05) is 51.4 Å². The number of rotatable bonds is 4. The number of hydrogen-bond acceptors (Lipinski definition) is 5. The lowest BCUT2D eigenvalue weighted by atomic mass is 10.1. The number of carbonyl (C=O) groups is 2. The lowest BCUT2D eigenvalue weighted by Crippen LogP contribution is -2.53. The molecular formula is C23H25FN4O4. The molecule has 0 spiro atoms. The SMILES string of the molecule is O=C(N[C@@H]1CC(=O)N(c2ccc(F)cc2)C1)N1CCN(Cc2ccc3c(c2)OCO3)CC1. The number of hydrogen-bond donors (Lipinski definition) is 1. The maximum atomic E-state index is 13.1. The molecule has 3 amide bonds. The molecule has 168 valence electrons. The predicted molar refractivity (Wildman–Crippen MR) is 115 cm³/mol. The Bertz CT molecular complexity index is 1010. The smallest absolute Gasteiger partial charge is 0.317 e. The van der Waals surface area contributed by atoms with Gasteiger partial charge in [-0.3, -0.25) is 9.69 Å². The van der Waals surface area contributed by atoms with Crippen LogP contribution in [0.1, 0.15) is 12.0 Å². The highest BCUT2D eigenvalue weighted by Crippen LogP contribution is 2.32. The first-order valence-corrected chi connectivity index (χ1v) is 10.8. The van der Waals surface area contributed by atoms with Crippen LogP contribution >= 0.6 is 0 Å². The fourth-order valence-electron chi connectivity index (χ4n) is 4.35. The monoisotopic (exact) mass is 440 g/mol. The lowest BCUT2D eigenvalue weighted by molar-refractivity contribution is -0.117. The van der Waals surface area contributed by atoms with Crippen molar-refractivity contribution < 1.29 is 23.5 Å². The first-order chi connectivity index (χ1) is 15.5. The number of carbonyl (C=O) groups excluding carboxylic acids is 2. The number of ether oxygens (including phenoxy) is 2. The molecule has 0 radical (unpaired) electrons. The fraction of sp³-hybridized carbons (Fsp3) is 0.391. The first kappa shape index (κ1) is 20.6. The Labute approximate surface area is 185 Å². The van der Waals surface area contributed by atoms with Crippen LogP contribution in [0.4, 0.5) is 14.9 Å². The third-order valence-electron chi connectivity index (χ3n) is 6.09. The molecule has 2 aromatic rings. The molecule has 2 saturated heterocycles. The Morgan fingerprint density at radius 3 is 2.56 bits per heavy atom. The minimum atomic E-state index is -0.345. The van der Waals surface area contributed by atoms with Gasteiger partial charge in [-0.05, 0) is 42.0 Å². The highest BCUT2D eigenvalue weighted by molar-refractivity contribution is 5.96. The van der Waals surface area contributed by atoms with Crippen molar-refractivity contribution in [2.75, 3.05) is 44.4 Å². The molecule has 3 heterocycles. The Hall–Kier alpha value is -3.33. The van der Waals surface area contributed by atoms with Crippen molar-refractivity contribution in [3.8, 4) is 11.5 Å². The van der Waals surface area contributed by atoms with Gasteiger partial charge in [-0.1, -0.05) is 6.07 Å². The number of halogens is 1. The van der Waals surface area contributed by atoms with E-state index in [0.717, 1.165) is 36.7 Å². The molecule has 32 heavy (non-hydrogen) atoms. The van der Waals surface area contributed by atoms with Crippen LogP contribution < -0.4 is 19.7 Å². The first-order valence-electron chi connectivity index (χ1n) is 10.8. The van der Waals surface area contributed by atoms with Gasteiger partial charge in [0.25, 0.3) is 0 Å². The van der Waals surface area contributed by atoms with Crippen molar-refractivity contribution in [2.45, 2.75) is 19.0 Å². The molecule has 9 heteroatoms. The van der Waals surface area contributed by atoms with E-state index in [9.17, 15) is 14.0 Å². The van der Waals surface area contributed by atoms with Gasteiger partial charge in [-0.2, -0.15) is 0 Å². The van der Waals surface area contributed by atoms with Crippen LogP contribution in [0.5, 0.6) is 11.5 Å². The van der Waals surface area contributed by atoms with Gasteiger partial charge in [-0.15, -0.1) is 0 Å². The second-order valence-electron chi connectivity index (χ2n) is 8.28. The van der Waals surface area contributed by atoms with E-state index in [2.05, 4.69) is 10.2 Å². The molecule has 5 rings (SSSR count). The second-order valence-corrected chi connectivity index (χ2v) is 8.28. The Morgan fingerprint density at radius 2 is 1.78 bits per heavy atom. The van der Waals surface area contributed by atoms with E-state index in [1.54, 1.807) is 21.9 Å². The summed E-state index contributed by atoms with van der Waals surface area (Å²) in [6, 6.07) is 11.4. The van der Waals surface area contributed by atoms with Gasteiger partial charge >= 0.3 is 6.03 Å². The summed E-state index contributed by atoms with van der Waals surface area (Å²) in [4.78, 5) is 30.8. The number of benzene rings is 2. The van der Waals surface area contributed by atoms with Crippen molar-refractivity contribution >= 4 is 17.6 Å². The summed E-state index contributed by atoms with van der Waals surface area (Å²) in [6.45, 7) is 4.23. The molecule has 1 atom stereocenters. The number of fused-ring (bicyclic) bond motifs is 1.